The van der Waals surface area contributed by atoms with Crippen molar-refractivity contribution in [2.24, 2.45) is 22.7 Å². The van der Waals surface area contributed by atoms with E-state index in [2.05, 4.69) is 53.7 Å². The van der Waals surface area contributed by atoms with E-state index in [4.69, 9.17) is 7.85 Å². The van der Waals surface area contributed by atoms with Gasteiger partial charge in [0.05, 0.1) is 0 Å². The van der Waals surface area contributed by atoms with Gasteiger partial charge in [-0.3, -0.25) is 4.79 Å². The van der Waals surface area contributed by atoms with Crippen LogP contribution in [0.4, 0.5) is 0 Å². The van der Waals surface area contributed by atoms with Gasteiger partial charge in [-0.2, -0.15) is 0 Å². The topological polar surface area (TPSA) is 17.1 Å². The Kier molecular flexibility index (Phi) is 4.30. The van der Waals surface area contributed by atoms with Crippen LogP contribution in [0.15, 0.2) is 23.2 Å². The number of allylic oxidation sites excluding steroid dienone is 4. The molecule has 1 aliphatic rings. The molecular weight excluding hydrogens is 219 g/mol. The Bertz CT molecular complexity index is 382. The van der Waals surface area contributed by atoms with Gasteiger partial charge < -0.3 is 0 Å². The molecule has 0 amide bonds. The molecule has 0 saturated carbocycles. The van der Waals surface area contributed by atoms with Crippen LogP contribution in [0.2, 0.25) is 0 Å². The van der Waals surface area contributed by atoms with E-state index in [1.807, 2.05) is 0 Å². The molecule has 0 aromatic carbocycles. The van der Waals surface area contributed by atoms with Crippen molar-refractivity contribution in [1.82, 2.24) is 0 Å². The molecule has 0 spiro atoms. The van der Waals surface area contributed by atoms with Crippen LogP contribution >= 0.6 is 0 Å². The van der Waals surface area contributed by atoms with Crippen LogP contribution in [-0.2, 0) is 4.79 Å². The van der Waals surface area contributed by atoms with Crippen LogP contribution in [0.3, 0.4) is 0 Å². The molecule has 0 fully saturated rings. The molecule has 2 unspecified atom stereocenters. The van der Waals surface area contributed by atoms with Gasteiger partial charge in [-0.05, 0) is 22.7 Å². The summed E-state index contributed by atoms with van der Waals surface area (Å²) in [7, 11) is 5.99. The van der Waals surface area contributed by atoms with E-state index in [9.17, 15) is 4.79 Å². The van der Waals surface area contributed by atoms with Crippen LogP contribution in [0.5, 0.6) is 0 Å². The maximum absolute atomic E-state index is 11.1. The summed E-state index contributed by atoms with van der Waals surface area (Å²) in [5.41, 5.74) is 1.60. The van der Waals surface area contributed by atoms with Crippen molar-refractivity contribution in [3.05, 3.63) is 23.2 Å². The number of aldehydes is 1. The molecule has 0 heterocycles. The zero-order chi connectivity index (χ0) is 14.1. The van der Waals surface area contributed by atoms with Gasteiger partial charge in [0.1, 0.15) is 14.1 Å². The Balaban J connectivity index is 3.26. The molecule has 0 aromatic rings. The van der Waals surface area contributed by atoms with E-state index in [0.717, 1.165) is 12.7 Å². The van der Waals surface area contributed by atoms with Gasteiger partial charge in [-0.25, -0.2) is 0 Å². The standard InChI is InChI=1S/C16H25BO/c1-7-16(5,6)13-8-11(10-18)14(17)9-12(13)15(2,3)4/h8-10,12-13H,7H2,1-6H3. The second kappa shape index (κ2) is 5.07. The van der Waals surface area contributed by atoms with Crippen LogP contribution in [-0.4, -0.2) is 14.1 Å². The zero-order valence-corrected chi connectivity index (χ0v) is 12.6. The lowest BCUT2D eigenvalue weighted by Crippen LogP contribution is -2.37. The minimum absolute atomic E-state index is 0.145. The van der Waals surface area contributed by atoms with E-state index in [1.54, 1.807) is 0 Å². The van der Waals surface area contributed by atoms with Gasteiger partial charge in [0, 0.05) is 5.57 Å². The fourth-order valence-corrected chi connectivity index (χ4v) is 2.63. The van der Waals surface area contributed by atoms with E-state index < -0.39 is 0 Å². The van der Waals surface area contributed by atoms with E-state index in [0.29, 0.717) is 22.9 Å². The van der Waals surface area contributed by atoms with Crippen LogP contribution in [0.1, 0.15) is 48.0 Å². The van der Waals surface area contributed by atoms with Gasteiger partial charge in [0.15, 0.2) is 0 Å². The Morgan fingerprint density at radius 1 is 1.17 bits per heavy atom. The fraction of sp³-hybridized carbons (Fsp3) is 0.688. The third-order valence-electron chi connectivity index (χ3n) is 4.38. The lowest BCUT2D eigenvalue weighted by atomic mass is 9.58. The summed E-state index contributed by atoms with van der Waals surface area (Å²) < 4.78 is 0. The fourth-order valence-electron chi connectivity index (χ4n) is 2.63. The van der Waals surface area contributed by atoms with Gasteiger partial charge in [-0.15, -0.1) is 0 Å². The van der Waals surface area contributed by atoms with Gasteiger partial charge in [0.25, 0.3) is 0 Å². The van der Waals surface area contributed by atoms with Gasteiger partial charge in [0.2, 0.25) is 0 Å². The Morgan fingerprint density at radius 3 is 2.11 bits per heavy atom. The molecule has 2 radical (unpaired) electrons. The molecule has 2 atom stereocenters. The Morgan fingerprint density at radius 2 is 1.72 bits per heavy atom. The first-order valence-corrected chi connectivity index (χ1v) is 6.78. The van der Waals surface area contributed by atoms with Crippen LogP contribution < -0.4 is 0 Å². The summed E-state index contributed by atoms with van der Waals surface area (Å²) in [4.78, 5) is 11.1. The van der Waals surface area contributed by atoms with Crippen molar-refractivity contribution in [3.8, 4) is 0 Å². The summed E-state index contributed by atoms with van der Waals surface area (Å²) >= 11 is 0. The highest BCUT2D eigenvalue weighted by molar-refractivity contribution is 6.27. The first-order valence-electron chi connectivity index (χ1n) is 6.78. The van der Waals surface area contributed by atoms with Crippen molar-refractivity contribution in [2.75, 3.05) is 0 Å². The monoisotopic (exact) mass is 244 g/mol. The van der Waals surface area contributed by atoms with E-state index >= 15 is 0 Å². The van der Waals surface area contributed by atoms with Crippen molar-refractivity contribution in [3.63, 3.8) is 0 Å². The SMILES string of the molecule is [B]C1=CC(C(C)(C)C)C(C(C)(C)CC)C=C1C=O. The second-order valence-electron chi connectivity index (χ2n) is 7.12. The highest BCUT2D eigenvalue weighted by Gasteiger charge is 2.39. The van der Waals surface area contributed by atoms with Crippen molar-refractivity contribution < 1.29 is 4.79 Å². The number of hydrogen-bond acceptors (Lipinski definition) is 1. The third kappa shape index (κ3) is 2.96. The molecule has 2 heteroatoms. The van der Waals surface area contributed by atoms with Crippen molar-refractivity contribution in [2.45, 2.75) is 48.0 Å². The van der Waals surface area contributed by atoms with Gasteiger partial charge in [-0.1, -0.05) is 65.6 Å². The molecule has 0 aliphatic heterocycles. The second-order valence-corrected chi connectivity index (χ2v) is 7.12. The summed E-state index contributed by atoms with van der Waals surface area (Å²) in [6.07, 6.45) is 6.14. The molecule has 0 N–H and O–H groups in total. The van der Waals surface area contributed by atoms with Crippen LogP contribution in [0, 0.1) is 22.7 Å². The predicted octanol–water partition coefficient (Wildman–Crippen LogP) is 3.89. The van der Waals surface area contributed by atoms with Crippen molar-refractivity contribution in [1.29, 1.82) is 0 Å². The summed E-state index contributed by atoms with van der Waals surface area (Å²) in [5, 5.41) is 0. The number of rotatable bonds is 3. The largest absolute Gasteiger partial charge is 0.298 e. The first kappa shape index (κ1) is 15.3. The summed E-state index contributed by atoms with van der Waals surface area (Å²) in [5.74, 6) is 0.728. The first-order chi connectivity index (χ1) is 8.13. The molecule has 18 heavy (non-hydrogen) atoms. The number of carbonyl (C=O) groups is 1. The minimum atomic E-state index is 0.145. The zero-order valence-electron chi connectivity index (χ0n) is 12.6. The van der Waals surface area contributed by atoms with E-state index in [1.165, 1.54) is 0 Å². The number of carbonyl (C=O) groups excluding carboxylic acids is 1. The lowest BCUT2D eigenvalue weighted by Gasteiger charge is -2.44. The average molecular weight is 244 g/mol. The molecular formula is C16H25BO. The maximum atomic E-state index is 11.1. The molecule has 1 nitrogen and oxygen atoms in total. The Labute approximate surface area is 113 Å². The molecule has 0 bridgehead atoms. The number of hydrogen-bond donors (Lipinski definition) is 0. The van der Waals surface area contributed by atoms with E-state index in [-0.39, 0.29) is 10.8 Å². The average Bonchev–Trinajstić information content (AvgIpc) is 2.27. The summed E-state index contributed by atoms with van der Waals surface area (Å²) in [6, 6.07) is 0. The molecule has 0 saturated heterocycles. The predicted molar refractivity (Wildman–Crippen MR) is 78.5 cm³/mol. The highest BCUT2D eigenvalue weighted by atomic mass is 16.1. The Hall–Kier alpha value is -0.785. The van der Waals surface area contributed by atoms with Crippen molar-refractivity contribution >= 4 is 14.1 Å². The minimum Gasteiger partial charge on any atom is -0.298 e. The molecule has 98 valence electrons. The lowest BCUT2D eigenvalue weighted by molar-refractivity contribution is -0.104. The molecule has 1 rings (SSSR count). The van der Waals surface area contributed by atoms with Gasteiger partial charge >= 0.3 is 0 Å². The molecule has 1 aliphatic carbocycles. The maximum Gasteiger partial charge on any atom is 0.149 e. The summed E-state index contributed by atoms with van der Waals surface area (Å²) in [6.45, 7) is 13.4. The quantitative estimate of drug-likeness (QED) is 0.543. The smallest absolute Gasteiger partial charge is 0.149 e. The van der Waals surface area contributed by atoms with Crippen LogP contribution in [0.25, 0.3) is 0 Å². The highest BCUT2D eigenvalue weighted by Crippen LogP contribution is 2.47. The third-order valence-corrected chi connectivity index (χ3v) is 4.38. The normalized spacial score (nSPS) is 25.4. The molecule has 0 aromatic heterocycles.